The Bertz CT molecular complexity index is 150. The molecule has 64 valence electrons. The SMILES string of the molecule is COC(=O)[C@H]1C[C@H](O)[C@@H](F)C1. The van der Waals surface area contributed by atoms with E-state index in [1.54, 1.807) is 0 Å². The average Bonchev–Trinajstić information content (AvgIpc) is 2.31. The van der Waals surface area contributed by atoms with Gasteiger partial charge in [0, 0.05) is 0 Å². The number of aliphatic hydroxyl groups excluding tert-OH is 1. The fourth-order valence-electron chi connectivity index (χ4n) is 1.32. The minimum absolute atomic E-state index is 0.0911. The van der Waals surface area contributed by atoms with Crippen LogP contribution in [0.1, 0.15) is 12.8 Å². The molecule has 1 fully saturated rings. The zero-order chi connectivity index (χ0) is 8.43. The molecular formula is C7H11FO3. The number of carbonyl (C=O) groups excluding carboxylic acids is 1. The molecule has 1 N–H and O–H groups in total. The maximum Gasteiger partial charge on any atom is 0.308 e. The Morgan fingerprint density at radius 1 is 1.64 bits per heavy atom. The van der Waals surface area contributed by atoms with Crippen LogP contribution in [0.3, 0.4) is 0 Å². The Labute approximate surface area is 64.2 Å². The van der Waals surface area contributed by atoms with Gasteiger partial charge in [0.15, 0.2) is 0 Å². The third-order valence-corrected chi connectivity index (χ3v) is 1.99. The zero-order valence-electron chi connectivity index (χ0n) is 6.29. The van der Waals surface area contributed by atoms with Crippen molar-refractivity contribution in [3.05, 3.63) is 0 Å². The second kappa shape index (κ2) is 3.17. The van der Waals surface area contributed by atoms with Gasteiger partial charge in [-0.25, -0.2) is 4.39 Å². The van der Waals surface area contributed by atoms with Crippen LogP contribution in [0.15, 0.2) is 0 Å². The summed E-state index contributed by atoms with van der Waals surface area (Å²) in [4.78, 5) is 10.8. The minimum Gasteiger partial charge on any atom is -0.469 e. The first-order valence-electron chi connectivity index (χ1n) is 3.55. The average molecular weight is 162 g/mol. The molecule has 0 aliphatic heterocycles. The number of carbonyl (C=O) groups is 1. The molecule has 0 heterocycles. The van der Waals surface area contributed by atoms with Gasteiger partial charge in [-0.3, -0.25) is 4.79 Å². The van der Waals surface area contributed by atoms with Gasteiger partial charge in [0.2, 0.25) is 0 Å². The summed E-state index contributed by atoms with van der Waals surface area (Å²) in [7, 11) is 1.26. The smallest absolute Gasteiger partial charge is 0.308 e. The summed E-state index contributed by atoms with van der Waals surface area (Å²) in [6, 6.07) is 0. The van der Waals surface area contributed by atoms with Crippen LogP contribution < -0.4 is 0 Å². The van der Waals surface area contributed by atoms with Crippen molar-refractivity contribution in [1.82, 2.24) is 0 Å². The monoisotopic (exact) mass is 162 g/mol. The predicted molar refractivity (Wildman–Crippen MR) is 35.6 cm³/mol. The molecule has 0 aromatic rings. The van der Waals surface area contributed by atoms with Crippen molar-refractivity contribution in [2.75, 3.05) is 7.11 Å². The van der Waals surface area contributed by atoms with Gasteiger partial charge in [-0.2, -0.15) is 0 Å². The van der Waals surface area contributed by atoms with Crippen molar-refractivity contribution >= 4 is 5.97 Å². The summed E-state index contributed by atoms with van der Waals surface area (Å²) in [5.74, 6) is -0.880. The van der Waals surface area contributed by atoms with Crippen molar-refractivity contribution in [3.63, 3.8) is 0 Å². The second-order valence-electron chi connectivity index (χ2n) is 2.77. The fourth-order valence-corrected chi connectivity index (χ4v) is 1.32. The number of methoxy groups -OCH3 is 1. The van der Waals surface area contributed by atoms with E-state index in [4.69, 9.17) is 5.11 Å². The van der Waals surface area contributed by atoms with Crippen LogP contribution in [-0.4, -0.2) is 30.5 Å². The van der Waals surface area contributed by atoms with E-state index in [-0.39, 0.29) is 12.8 Å². The van der Waals surface area contributed by atoms with Gasteiger partial charge in [0.1, 0.15) is 6.17 Å². The van der Waals surface area contributed by atoms with Gasteiger partial charge in [0.25, 0.3) is 0 Å². The highest BCUT2D eigenvalue weighted by molar-refractivity contribution is 5.72. The Morgan fingerprint density at radius 2 is 2.27 bits per heavy atom. The first-order valence-corrected chi connectivity index (χ1v) is 3.55. The van der Waals surface area contributed by atoms with Crippen molar-refractivity contribution in [2.24, 2.45) is 5.92 Å². The summed E-state index contributed by atoms with van der Waals surface area (Å²) in [6.07, 6.45) is -1.97. The van der Waals surface area contributed by atoms with Gasteiger partial charge in [-0.05, 0) is 12.8 Å². The van der Waals surface area contributed by atoms with E-state index in [9.17, 15) is 9.18 Å². The maximum absolute atomic E-state index is 12.6. The molecular weight excluding hydrogens is 151 g/mol. The number of halogens is 1. The molecule has 3 atom stereocenters. The first-order chi connectivity index (χ1) is 5.15. The van der Waals surface area contributed by atoms with Gasteiger partial charge < -0.3 is 9.84 Å². The summed E-state index contributed by atoms with van der Waals surface area (Å²) >= 11 is 0. The quantitative estimate of drug-likeness (QED) is 0.563. The minimum atomic E-state index is -1.26. The molecule has 0 bridgehead atoms. The molecule has 1 rings (SSSR count). The number of hydrogen-bond donors (Lipinski definition) is 1. The zero-order valence-corrected chi connectivity index (χ0v) is 6.29. The molecule has 1 saturated carbocycles. The van der Waals surface area contributed by atoms with Crippen LogP contribution in [0.2, 0.25) is 0 Å². The Hall–Kier alpha value is -0.640. The van der Waals surface area contributed by atoms with E-state index in [1.165, 1.54) is 7.11 Å². The van der Waals surface area contributed by atoms with Crippen molar-refractivity contribution in [2.45, 2.75) is 25.1 Å². The molecule has 0 aromatic carbocycles. The lowest BCUT2D eigenvalue weighted by Gasteiger charge is -2.03. The van der Waals surface area contributed by atoms with E-state index in [2.05, 4.69) is 4.74 Å². The Kier molecular flexibility index (Phi) is 2.44. The molecule has 0 aromatic heterocycles. The molecule has 4 heteroatoms. The highest BCUT2D eigenvalue weighted by Crippen LogP contribution is 2.28. The molecule has 3 nitrogen and oxygen atoms in total. The van der Waals surface area contributed by atoms with Gasteiger partial charge in [0.05, 0.1) is 19.1 Å². The third-order valence-electron chi connectivity index (χ3n) is 1.99. The molecule has 0 spiro atoms. The van der Waals surface area contributed by atoms with Crippen LogP contribution in [-0.2, 0) is 9.53 Å². The summed E-state index contributed by atoms with van der Waals surface area (Å²) < 4.78 is 17.0. The standard InChI is InChI=1S/C7H11FO3/c1-11-7(10)4-2-5(8)6(9)3-4/h4-6,9H,2-3H2,1H3/t4-,5+,6+/m1/s1. The van der Waals surface area contributed by atoms with Crippen molar-refractivity contribution in [1.29, 1.82) is 0 Å². The van der Waals surface area contributed by atoms with Crippen LogP contribution in [0.4, 0.5) is 4.39 Å². The van der Waals surface area contributed by atoms with Crippen molar-refractivity contribution < 1.29 is 19.0 Å². The fraction of sp³-hybridized carbons (Fsp3) is 0.857. The number of aliphatic hydroxyl groups is 1. The predicted octanol–water partition coefficient (Wildman–Crippen LogP) is 0.268. The number of rotatable bonds is 1. The van der Waals surface area contributed by atoms with Crippen molar-refractivity contribution in [3.8, 4) is 0 Å². The number of alkyl halides is 1. The summed E-state index contributed by atoms with van der Waals surface area (Å²) in [5, 5.41) is 8.93. The van der Waals surface area contributed by atoms with Gasteiger partial charge in [-0.1, -0.05) is 0 Å². The van der Waals surface area contributed by atoms with Crippen LogP contribution in [0.25, 0.3) is 0 Å². The van der Waals surface area contributed by atoms with Gasteiger partial charge in [-0.15, -0.1) is 0 Å². The highest BCUT2D eigenvalue weighted by atomic mass is 19.1. The van der Waals surface area contributed by atoms with Crippen LogP contribution in [0, 0.1) is 5.92 Å². The van der Waals surface area contributed by atoms with Crippen LogP contribution >= 0.6 is 0 Å². The largest absolute Gasteiger partial charge is 0.469 e. The third kappa shape index (κ3) is 1.68. The molecule has 0 unspecified atom stereocenters. The molecule has 1 aliphatic rings. The van der Waals surface area contributed by atoms with E-state index in [0.717, 1.165) is 0 Å². The van der Waals surface area contributed by atoms with E-state index >= 15 is 0 Å². The highest BCUT2D eigenvalue weighted by Gasteiger charge is 2.37. The van der Waals surface area contributed by atoms with Gasteiger partial charge >= 0.3 is 5.97 Å². The lowest BCUT2D eigenvalue weighted by atomic mass is 10.1. The molecule has 11 heavy (non-hydrogen) atoms. The number of ether oxygens (including phenoxy) is 1. The second-order valence-corrected chi connectivity index (χ2v) is 2.77. The molecule has 1 aliphatic carbocycles. The molecule has 0 saturated heterocycles. The topological polar surface area (TPSA) is 46.5 Å². The number of esters is 1. The van der Waals surface area contributed by atoms with E-state index in [0.29, 0.717) is 0 Å². The Balaban J connectivity index is 2.46. The number of hydrogen-bond acceptors (Lipinski definition) is 3. The lowest BCUT2D eigenvalue weighted by Crippen LogP contribution is -2.13. The maximum atomic E-state index is 12.6. The normalized spacial score (nSPS) is 37.2. The Morgan fingerprint density at radius 3 is 2.64 bits per heavy atom. The lowest BCUT2D eigenvalue weighted by molar-refractivity contribution is -0.145. The molecule has 0 radical (unpaired) electrons. The summed E-state index contributed by atoms with van der Waals surface area (Å²) in [6.45, 7) is 0. The summed E-state index contributed by atoms with van der Waals surface area (Å²) in [5.41, 5.74) is 0. The van der Waals surface area contributed by atoms with E-state index < -0.39 is 24.2 Å². The molecule has 0 amide bonds. The van der Waals surface area contributed by atoms with E-state index in [1.807, 2.05) is 0 Å². The van der Waals surface area contributed by atoms with Crippen LogP contribution in [0.5, 0.6) is 0 Å². The first kappa shape index (κ1) is 8.46.